The van der Waals surface area contributed by atoms with Gasteiger partial charge in [-0.1, -0.05) is 133 Å². The van der Waals surface area contributed by atoms with Gasteiger partial charge in [0.2, 0.25) is 0 Å². The lowest BCUT2D eigenvalue weighted by Gasteiger charge is -2.45. The maximum Gasteiger partial charge on any atom is 0.252 e. The van der Waals surface area contributed by atoms with E-state index in [-0.39, 0.29) is 39.2 Å². The first-order chi connectivity index (χ1) is 27.5. The molecule has 5 aromatic rings. The number of aryl methyl sites for hydroxylation is 2. The van der Waals surface area contributed by atoms with Crippen molar-refractivity contribution in [2.75, 3.05) is 9.80 Å². The van der Waals surface area contributed by atoms with Crippen LogP contribution < -0.4 is 26.2 Å². The van der Waals surface area contributed by atoms with E-state index >= 15 is 0 Å². The molecule has 2 aliphatic carbocycles. The summed E-state index contributed by atoms with van der Waals surface area (Å²) >= 11 is 0. The Balaban J connectivity index is 1.44. The number of nitrogens with zero attached hydrogens (tertiary/aromatic N) is 2. The molecule has 0 radical (unpaired) electrons. The Hall–Kier alpha value is -4.24. The van der Waals surface area contributed by atoms with Gasteiger partial charge in [0.25, 0.3) is 6.71 Å². The van der Waals surface area contributed by atoms with Crippen molar-refractivity contribution >= 4 is 57.2 Å². The predicted molar refractivity (Wildman–Crippen MR) is 249 cm³/mol. The summed E-state index contributed by atoms with van der Waals surface area (Å²) < 4.78 is 27.0. The number of anilines is 6. The van der Waals surface area contributed by atoms with Gasteiger partial charge in [-0.2, -0.15) is 0 Å². The van der Waals surface area contributed by atoms with Crippen LogP contribution in [0, 0.1) is 13.8 Å². The van der Waals surface area contributed by atoms with Gasteiger partial charge >= 0.3 is 0 Å². The fraction of sp³-hybridized carbons (Fsp3) is 0.444. The van der Waals surface area contributed by atoms with Crippen molar-refractivity contribution < 1.29 is 4.11 Å². The van der Waals surface area contributed by atoms with Gasteiger partial charge < -0.3 is 9.80 Å². The van der Waals surface area contributed by atoms with E-state index in [9.17, 15) is 0 Å². The largest absolute Gasteiger partial charge is 0.311 e. The molecule has 0 atom stereocenters. The van der Waals surface area contributed by atoms with Gasteiger partial charge in [0.15, 0.2) is 0 Å². The molecule has 9 rings (SSSR count). The van der Waals surface area contributed by atoms with Crippen LogP contribution in [0.25, 0.3) is 0 Å². The van der Waals surface area contributed by atoms with Crippen molar-refractivity contribution in [3.05, 3.63) is 123 Å². The third kappa shape index (κ3) is 5.64. The Morgan fingerprint density at radius 1 is 0.509 bits per heavy atom. The molecule has 0 bridgehead atoms. The summed E-state index contributed by atoms with van der Waals surface area (Å²) in [6.07, 6.45) is 2.14. The zero-order valence-electron chi connectivity index (χ0n) is 40.4. The van der Waals surface area contributed by atoms with Gasteiger partial charge in [-0.25, -0.2) is 0 Å². The molecule has 2 aliphatic heterocycles. The zero-order valence-corrected chi connectivity index (χ0v) is 37.4. The second-order valence-electron chi connectivity index (χ2n) is 22.9. The molecular weight excluding hydrogens is 687 g/mol. The molecule has 0 saturated carbocycles. The highest BCUT2D eigenvalue weighted by Gasteiger charge is 2.49. The summed E-state index contributed by atoms with van der Waals surface area (Å²) in [6.45, 7) is 32.6. The minimum atomic E-state index is -2.33. The molecule has 0 spiro atoms. The third-order valence-electron chi connectivity index (χ3n) is 14.3. The quantitative estimate of drug-likeness (QED) is 0.162. The Bertz CT molecular complexity index is 2650. The molecule has 3 heteroatoms. The van der Waals surface area contributed by atoms with Crippen LogP contribution in [0.1, 0.15) is 158 Å². The van der Waals surface area contributed by atoms with Gasteiger partial charge in [0.05, 0.1) is 0 Å². The molecule has 0 fully saturated rings. The lowest BCUT2D eigenvalue weighted by atomic mass is 9.33. The second-order valence-corrected chi connectivity index (χ2v) is 22.9. The highest BCUT2D eigenvalue weighted by atomic mass is 15.2. The van der Waals surface area contributed by atoms with E-state index in [1.165, 1.54) is 49.8 Å². The van der Waals surface area contributed by atoms with E-state index in [1.807, 2.05) is 12.1 Å². The maximum atomic E-state index is 8.99. The summed E-state index contributed by atoms with van der Waals surface area (Å²) in [5.41, 5.74) is 19.7. The molecule has 5 aromatic carbocycles. The van der Waals surface area contributed by atoms with E-state index in [0.29, 0.717) is 5.56 Å². The monoisotopic (exact) mass is 756 g/mol. The van der Waals surface area contributed by atoms with E-state index < -0.39 is 6.85 Å². The van der Waals surface area contributed by atoms with Gasteiger partial charge in [-0.3, -0.25) is 0 Å². The average Bonchev–Trinajstić information content (AvgIpc) is 3.42. The summed E-state index contributed by atoms with van der Waals surface area (Å²) in [4.78, 5) is 4.85. The molecule has 294 valence electrons. The summed E-state index contributed by atoms with van der Waals surface area (Å²) in [5, 5.41) is 0. The number of hydrogen-bond donors (Lipinski definition) is 0. The zero-order chi connectivity index (χ0) is 43.7. The van der Waals surface area contributed by atoms with E-state index in [1.54, 1.807) is 0 Å². The molecule has 4 aliphatic rings. The fourth-order valence-electron chi connectivity index (χ4n) is 12.0. The van der Waals surface area contributed by atoms with Crippen molar-refractivity contribution in [3.63, 3.8) is 0 Å². The van der Waals surface area contributed by atoms with Crippen LogP contribution in [-0.2, 0) is 32.5 Å². The minimum absolute atomic E-state index is 0.00119. The summed E-state index contributed by atoms with van der Waals surface area (Å²) in [6, 6.07) is 30.1. The molecule has 2 nitrogen and oxygen atoms in total. The van der Waals surface area contributed by atoms with Crippen LogP contribution in [0.5, 0.6) is 0 Å². The van der Waals surface area contributed by atoms with Crippen molar-refractivity contribution in [1.29, 1.82) is 0 Å². The van der Waals surface area contributed by atoms with Gasteiger partial charge in [0, 0.05) is 38.2 Å². The first-order valence-corrected chi connectivity index (χ1v) is 21.4. The van der Waals surface area contributed by atoms with Crippen molar-refractivity contribution in [1.82, 2.24) is 0 Å². The van der Waals surface area contributed by atoms with Crippen molar-refractivity contribution in [2.24, 2.45) is 0 Å². The first-order valence-electron chi connectivity index (χ1n) is 22.9. The molecule has 2 heterocycles. The van der Waals surface area contributed by atoms with Crippen LogP contribution in [0.3, 0.4) is 0 Å². The molecule has 57 heavy (non-hydrogen) atoms. The Morgan fingerprint density at radius 3 is 1.60 bits per heavy atom. The topological polar surface area (TPSA) is 6.48 Å². The molecule has 0 amide bonds. The lowest BCUT2D eigenvalue weighted by molar-refractivity contribution is 0.403. The summed E-state index contributed by atoms with van der Waals surface area (Å²) in [7, 11) is 0. The maximum absolute atomic E-state index is 8.99. The average molecular weight is 756 g/mol. The smallest absolute Gasteiger partial charge is 0.252 e. The molecule has 0 aromatic heterocycles. The number of rotatable bonds is 2. The Kier molecular flexibility index (Phi) is 7.14. The number of fused-ring (bicyclic) bond motifs is 6. The summed E-state index contributed by atoms with van der Waals surface area (Å²) in [5.74, 6) is 0. The first kappa shape index (κ1) is 34.8. The number of benzene rings is 5. The predicted octanol–water partition coefficient (Wildman–Crippen LogP) is 12.9. The minimum Gasteiger partial charge on any atom is -0.311 e. The number of hydrogen-bond acceptors (Lipinski definition) is 2. The second kappa shape index (κ2) is 11.7. The van der Waals surface area contributed by atoms with Crippen LogP contribution in [0.4, 0.5) is 34.1 Å². The van der Waals surface area contributed by atoms with Crippen LogP contribution >= 0.6 is 0 Å². The van der Waals surface area contributed by atoms with E-state index in [2.05, 4.69) is 180 Å². The Morgan fingerprint density at radius 2 is 1.02 bits per heavy atom. The van der Waals surface area contributed by atoms with Crippen molar-refractivity contribution in [3.8, 4) is 0 Å². The molecule has 0 saturated heterocycles. The lowest BCUT2D eigenvalue weighted by Crippen LogP contribution is -2.61. The van der Waals surface area contributed by atoms with E-state index in [0.717, 1.165) is 52.5 Å². The highest BCUT2D eigenvalue weighted by molar-refractivity contribution is 7.00. The van der Waals surface area contributed by atoms with Crippen LogP contribution in [0.2, 0.25) is 0 Å². The normalized spacial score (nSPS) is 20.2. The van der Waals surface area contributed by atoms with Crippen LogP contribution in [0.15, 0.2) is 78.9 Å². The highest BCUT2D eigenvalue weighted by Crippen LogP contribution is 2.55. The Labute approximate surface area is 349 Å². The molecule has 0 unspecified atom stereocenters. The van der Waals surface area contributed by atoms with Gasteiger partial charge in [-0.05, 0) is 162 Å². The van der Waals surface area contributed by atoms with Gasteiger partial charge in [-0.15, -0.1) is 0 Å². The van der Waals surface area contributed by atoms with Crippen LogP contribution in [-0.4, -0.2) is 6.71 Å². The molecule has 0 N–H and O–H groups in total. The fourth-order valence-corrected chi connectivity index (χ4v) is 12.0. The van der Waals surface area contributed by atoms with Gasteiger partial charge in [0.1, 0.15) is 0 Å². The van der Waals surface area contributed by atoms with Crippen molar-refractivity contribution in [2.45, 2.75) is 156 Å². The standard InChI is InChI=1S/C54H65BN2/c1-32-23-46-48-47(24-32)57(43-21-17-34(25-33(43)2)49(3,4)5)44-22-18-35(50(6,7)8)26-41(44)55(48)42-28-39-40(54(15,16)31-53(39,13)14)29-45(42)56(46)36-19-20-37-38(27-36)52(11,12)30-51(37,9)10/h17-29H,30-31H2,1-16H3/i1D3. The molecular formula is C54H65BN2. The SMILES string of the molecule is [2H]C([2H])([2H])c1cc2c3c(c1)N(c1ccc(C(C)(C)C)cc1C)c1ccc(C(C)(C)C)cc1B3c1cc3c(cc1N2c1ccc2c(c1)C(C)(C)CC2(C)C)C(C)(C)CC3(C)C. The van der Waals surface area contributed by atoms with E-state index in [4.69, 9.17) is 4.11 Å². The third-order valence-corrected chi connectivity index (χ3v) is 14.3.